The Morgan fingerprint density at radius 1 is 0.654 bits per heavy atom. The molecule has 0 radical (unpaired) electrons. The molecule has 26 heavy (non-hydrogen) atoms. The van der Waals surface area contributed by atoms with Crippen LogP contribution in [0.5, 0.6) is 0 Å². The minimum absolute atomic E-state index is 0.236. The molecule has 0 saturated carbocycles. The maximum absolute atomic E-state index is 11.2. The molecule has 0 aromatic heterocycles. The third-order valence-electron chi connectivity index (χ3n) is 3.25. The Hall–Kier alpha value is -4.22. The number of nitro benzene ring substituents is 4. The topological polar surface area (TPSA) is 173 Å². The smallest absolute Gasteiger partial charge is 0.258 e. The predicted molar refractivity (Wildman–Crippen MR) is 88.4 cm³/mol. The summed E-state index contributed by atoms with van der Waals surface area (Å²) in [6.45, 7) is 0. The van der Waals surface area contributed by atoms with Crippen molar-refractivity contribution in [2.75, 3.05) is 0 Å². The maximum atomic E-state index is 11.2. The lowest BCUT2D eigenvalue weighted by Crippen LogP contribution is -2.00. The van der Waals surface area contributed by atoms with Crippen LogP contribution in [0.4, 0.5) is 22.7 Å². The molecule has 0 bridgehead atoms. The first kappa shape index (κ1) is 18.1. The second-order valence-corrected chi connectivity index (χ2v) is 4.85. The molecule has 0 amide bonds. The Morgan fingerprint density at radius 2 is 1.19 bits per heavy atom. The van der Waals surface area contributed by atoms with Crippen LogP contribution in [0.25, 0.3) is 12.2 Å². The van der Waals surface area contributed by atoms with Crippen LogP contribution >= 0.6 is 0 Å². The van der Waals surface area contributed by atoms with E-state index < -0.39 is 42.3 Å². The van der Waals surface area contributed by atoms with Gasteiger partial charge in [0.1, 0.15) is 5.56 Å². The first-order chi connectivity index (χ1) is 12.2. The minimum Gasteiger partial charge on any atom is -0.258 e. The summed E-state index contributed by atoms with van der Waals surface area (Å²) in [6, 6.07) is 6.44. The number of non-ortho nitro benzene ring substituents is 2. The molecule has 2 aromatic carbocycles. The van der Waals surface area contributed by atoms with Gasteiger partial charge >= 0.3 is 0 Å². The van der Waals surface area contributed by atoms with E-state index in [9.17, 15) is 40.5 Å². The highest BCUT2D eigenvalue weighted by atomic mass is 16.6. The first-order valence-electron chi connectivity index (χ1n) is 6.74. The van der Waals surface area contributed by atoms with E-state index in [2.05, 4.69) is 0 Å². The minimum atomic E-state index is -0.979. The van der Waals surface area contributed by atoms with Gasteiger partial charge in [-0.1, -0.05) is 18.2 Å². The van der Waals surface area contributed by atoms with Crippen molar-refractivity contribution in [1.29, 1.82) is 0 Å². The molecule has 12 nitrogen and oxygen atoms in total. The van der Waals surface area contributed by atoms with Crippen LogP contribution in [0, 0.1) is 40.5 Å². The van der Waals surface area contributed by atoms with E-state index in [0.29, 0.717) is 12.1 Å². The molecule has 0 fully saturated rings. The van der Waals surface area contributed by atoms with Crippen molar-refractivity contribution in [2.24, 2.45) is 0 Å². The van der Waals surface area contributed by atoms with E-state index in [4.69, 9.17) is 0 Å². The average molecular weight is 360 g/mol. The summed E-state index contributed by atoms with van der Waals surface area (Å²) in [5, 5.41) is 43.9. The van der Waals surface area contributed by atoms with Crippen LogP contribution in [0.2, 0.25) is 0 Å². The molecule has 2 rings (SSSR count). The molecule has 2 aromatic rings. The van der Waals surface area contributed by atoms with Gasteiger partial charge in [-0.25, -0.2) is 0 Å². The molecule has 0 aliphatic carbocycles. The summed E-state index contributed by atoms with van der Waals surface area (Å²) >= 11 is 0. The molecule has 0 heterocycles. The fourth-order valence-corrected chi connectivity index (χ4v) is 2.11. The second kappa shape index (κ2) is 7.12. The summed E-state index contributed by atoms with van der Waals surface area (Å²) in [6.07, 6.45) is 2.22. The molecule has 0 aliphatic heterocycles. The maximum Gasteiger partial charge on any atom is 0.290 e. The largest absolute Gasteiger partial charge is 0.290 e. The second-order valence-electron chi connectivity index (χ2n) is 4.85. The van der Waals surface area contributed by atoms with Gasteiger partial charge in [0, 0.05) is 12.1 Å². The molecule has 0 saturated heterocycles. The highest BCUT2D eigenvalue weighted by molar-refractivity contribution is 5.81. The zero-order valence-corrected chi connectivity index (χ0v) is 12.7. The van der Waals surface area contributed by atoms with Crippen LogP contribution < -0.4 is 0 Å². The normalized spacial score (nSPS) is 10.6. The lowest BCUT2D eigenvalue weighted by atomic mass is 10.1. The highest BCUT2D eigenvalue weighted by Gasteiger charge is 2.28. The number of benzene rings is 2. The summed E-state index contributed by atoms with van der Waals surface area (Å²) in [4.78, 5) is 40.3. The van der Waals surface area contributed by atoms with Gasteiger partial charge in [0.05, 0.1) is 31.8 Å². The number of rotatable bonds is 6. The van der Waals surface area contributed by atoms with E-state index >= 15 is 0 Å². The number of nitrogens with zero attached hydrogens (tertiary/aromatic N) is 4. The van der Waals surface area contributed by atoms with Crippen molar-refractivity contribution >= 4 is 34.9 Å². The van der Waals surface area contributed by atoms with Crippen molar-refractivity contribution in [3.8, 4) is 0 Å². The predicted octanol–water partition coefficient (Wildman–Crippen LogP) is 3.49. The van der Waals surface area contributed by atoms with Crippen molar-refractivity contribution in [2.45, 2.75) is 0 Å². The summed E-state index contributed by atoms with van der Waals surface area (Å²) in [5.74, 6) is 0. The summed E-state index contributed by atoms with van der Waals surface area (Å²) < 4.78 is 0. The standard InChI is InChI=1S/C14H8N4O8/c19-15(20)10-3-1-2-9(6-10)4-5-12-13(17(23)24)7-11(16(21)22)8-14(12)18(25)26/h1-8H/b5-4+. The van der Waals surface area contributed by atoms with Gasteiger partial charge in [0.25, 0.3) is 22.7 Å². The van der Waals surface area contributed by atoms with Gasteiger partial charge in [-0.05, 0) is 11.6 Å². The van der Waals surface area contributed by atoms with Gasteiger partial charge in [0.2, 0.25) is 0 Å². The summed E-state index contributed by atoms with van der Waals surface area (Å²) in [7, 11) is 0. The Balaban J connectivity index is 2.62. The Morgan fingerprint density at radius 3 is 1.65 bits per heavy atom. The first-order valence-corrected chi connectivity index (χ1v) is 6.74. The van der Waals surface area contributed by atoms with Crippen LogP contribution in [-0.2, 0) is 0 Å². The molecular weight excluding hydrogens is 352 g/mol. The highest BCUT2D eigenvalue weighted by Crippen LogP contribution is 2.35. The third-order valence-corrected chi connectivity index (χ3v) is 3.25. The van der Waals surface area contributed by atoms with Crippen molar-refractivity contribution < 1.29 is 19.7 Å². The van der Waals surface area contributed by atoms with Gasteiger partial charge in [-0.3, -0.25) is 40.5 Å². The summed E-state index contributed by atoms with van der Waals surface area (Å²) in [5.41, 5.74) is -2.88. The Bertz CT molecular complexity index is 934. The third kappa shape index (κ3) is 3.81. The molecule has 132 valence electrons. The average Bonchev–Trinajstić information content (AvgIpc) is 2.59. The zero-order chi connectivity index (χ0) is 19.4. The lowest BCUT2D eigenvalue weighted by molar-refractivity contribution is -0.403. The quantitative estimate of drug-likeness (QED) is 0.427. The van der Waals surface area contributed by atoms with Crippen molar-refractivity contribution in [3.63, 3.8) is 0 Å². The van der Waals surface area contributed by atoms with Crippen LogP contribution in [0.1, 0.15) is 11.1 Å². The van der Waals surface area contributed by atoms with E-state index in [-0.39, 0.29) is 11.3 Å². The fourth-order valence-electron chi connectivity index (χ4n) is 2.11. The Kier molecular flexibility index (Phi) is 4.97. The van der Waals surface area contributed by atoms with Crippen molar-refractivity contribution in [3.05, 3.63) is 88.0 Å². The van der Waals surface area contributed by atoms with E-state index in [0.717, 1.165) is 6.08 Å². The SMILES string of the molecule is O=[N+]([O-])c1cccc(/C=C/c2c([N+](=O)[O-])cc([N+](=O)[O-])cc2[N+](=O)[O-])c1. The molecule has 0 atom stereocenters. The zero-order valence-electron chi connectivity index (χ0n) is 12.7. The van der Waals surface area contributed by atoms with Gasteiger partial charge in [0.15, 0.2) is 0 Å². The Labute approximate surface area is 143 Å². The van der Waals surface area contributed by atoms with Gasteiger partial charge < -0.3 is 0 Å². The number of hydrogen-bond donors (Lipinski definition) is 0. The molecule has 0 N–H and O–H groups in total. The molecular formula is C14H8N4O8. The molecule has 0 unspecified atom stereocenters. The van der Waals surface area contributed by atoms with Crippen LogP contribution in [-0.4, -0.2) is 19.7 Å². The molecule has 0 spiro atoms. The molecule has 0 aliphatic rings. The van der Waals surface area contributed by atoms with Gasteiger partial charge in [-0.15, -0.1) is 0 Å². The monoisotopic (exact) mass is 360 g/mol. The number of nitro groups is 4. The van der Waals surface area contributed by atoms with Crippen LogP contribution in [0.3, 0.4) is 0 Å². The van der Waals surface area contributed by atoms with Crippen molar-refractivity contribution in [1.82, 2.24) is 0 Å². The molecule has 12 heteroatoms. The number of hydrogen-bond acceptors (Lipinski definition) is 8. The van der Waals surface area contributed by atoms with E-state index in [1.54, 1.807) is 0 Å². The van der Waals surface area contributed by atoms with Crippen LogP contribution in [0.15, 0.2) is 36.4 Å². The van der Waals surface area contributed by atoms with E-state index in [1.165, 1.54) is 30.3 Å². The van der Waals surface area contributed by atoms with E-state index in [1.807, 2.05) is 0 Å². The van der Waals surface area contributed by atoms with Gasteiger partial charge in [-0.2, -0.15) is 0 Å². The fraction of sp³-hybridized carbons (Fsp3) is 0. The lowest BCUT2D eigenvalue weighted by Gasteiger charge is -2.01.